The molecule has 0 bridgehead atoms. The quantitative estimate of drug-likeness (QED) is 0.868. The van der Waals surface area contributed by atoms with E-state index in [2.05, 4.69) is 29.1 Å². The molecule has 4 nitrogen and oxygen atoms in total. The third-order valence-corrected chi connectivity index (χ3v) is 4.88. The molecule has 2 aromatic rings. The van der Waals surface area contributed by atoms with Crippen LogP contribution in [-0.2, 0) is 6.54 Å². The second kappa shape index (κ2) is 8.17. The van der Waals surface area contributed by atoms with Gasteiger partial charge in [-0.05, 0) is 38.2 Å². The van der Waals surface area contributed by atoms with Gasteiger partial charge in [0, 0.05) is 44.3 Å². The van der Waals surface area contributed by atoms with Crippen LogP contribution in [0.3, 0.4) is 0 Å². The average Bonchev–Trinajstić information content (AvgIpc) is 3.04. The summed E-state index contributed by atoms with van der Waals surface area (Å²) in [4.78, 5) is 4.91. The van der Waals surface area contributed by atoms with Gasteiger partial charge in [-0.15, -0.1) is 0 Å². The third-order valence-electron chi connectivity index (χ3n) is 4.55. The standard InChI is InChI=1S/C19H26ClN3O/c1-15(14-23-11-9-22(2)10-12-23)21-13-16-7-8-19(24-16)17-5-3-4-6-18(17)20/h3-8,15,21H,9-14H2,1-2H3. The maximum Gasteiger partial charge on any atom is 0.135 e. The van der Waals surface area contributed by atoms with E-state index in [1.165, 1.54) is 0 Å². The van der Waals surface area contributed by atoms with E-state index in [1.54, 1.807) is 0 Å². The molecule has 0 spiro atoms. The summed E-state index contributed by atoms with van der Waals surface area (Å²) >= 11 is 6.23. The minimum absolute atomic E-state index is 0.433. The van der Waals surface area contributed by atoms with E-state index < -0.39 is 0 Å². The predicted octanol–water partition coefficient (Wildman–Crippen LogP) is 3.33. The van der Waals surface area contributed by atoms with Crippen molar-refractivity contribution < 1.29 is 4.42 Å². The number of furan rings is 1. The summed E-state index contributed by atoms with van der Waals surface area (Å²) < 4.78 is 5.94. The van der Waals surface area contributed by atoms with Crippen LogP contribution < -0.4 is 5.32 Å². The topological polar surface area (TPSA) is 31.6 Å². The maximum absolute atomic E-state index is 6.23. The molecule has 3 rings (SSSR count). The largest absolute Gasteiger partial charge is 0.460 e. The van der Waals surface area contributed by atoms with Gasteiger partial charge in [-0.25, -0.2) is 0 Å². The summed E-state index contributed by atoms with van der Waals surface area (Å²) in [5.41, 5.74) is 0.941. The summed E-state index contributed by atoms with van der Waals surface area (Å²) in [6.45, 7) is 8.67. The number of rotatable bonds is 6. The first-order valence-corrected chi connectivity index (χ1v) is 8.97. The number of hydrogen-bond donors (Lipinski definition) is 1. The molecule has 1 atom stereocenters. The molecule has 1 N–H and O–H groups in total. The molecule has 0 aliphatic carbocycles. The molecular formula is C19H26ClN3O. The lowest BCUT2D eigenvalue weighted by Crippen LogP contribution is -2.48. The SMILES string of the molecule is CC(CN1CCN(C)CC1)NCc1ccc(-c2ccccc2Cl)o1. The summed E-state index contributed by atoms with van der Waals surface area (Å²) in [6.07, 6.45) is 0. The molecule has 0 amide bonds. The van der Waals surface area contributed by atoms with E-state index in [-0.39, 0.29) is 0 Å². The monoisotopic (exact) mass is 347 g/mol. The minimum atomic E-state index is 0.433. The molecule has 2 heterocycles. The van der Waals surface area contributed by atoms with Gasteiger partial charge in [-0.3, -0.25) is 4.90 Å². The number of nitrogens with one attached hydrogen (secondary N) is 1. The van der Waals surface area contributed by atoms with Gasteiger partial charge < -0.3 is 14.6 Å². The van der Waals surface area contributed by atoms with Crippen molar-refractivity contribution >= 4 is 11.6 Å². The highest BCUT2D eigenvalue weighted by Crippen LogP contribution is 2.28. The van der Waals surface area contributed by atoms with E-state index in [0.29, 0.717) is 6.04 Å². The zero-order valence-corrected chi connectivity index (χ0v) is 15.2. The number of hydrogen-bond acceptors (Lipinski definition) is 4. The predicted molar refractivity (Wildman–Crippen MR) is 99.4 cm³/mol. The second-order valence-corrected chi connectivity index (χ2v) is 7.04. The molecule has 0 saturated carbocycles. The Balaban J connectivity index is 1.49. The molecule has 1 fully saturated rings. The fourth-order valence-corrected chi connectivity index (χ4v) is 3.26. The number of piperazine rings is 1. The summed E-state index contributed by atoms with van der Waals surface area (Å²) in [5, 5.41) is 4.27. The third kappa shape index (κ3) is 4.61. The molecule has 130 valence electrons. The van der Waals surface area contributed by atoms with Gasteiger partial charge in [0.2, 0.25) is 0 Å². The van der Waals surface area contributed by atoms with Gasteiger partial charge in [0.05, 0.1) is 11.6 Å². The lowest BCUT2D eigenvalue weighted by atomic mass is 10.2. The lowest BCUT2D eigenvalue weighted by molar-refractivity contribution is 0.144. The Morgan fingerprint density at radius 2 is 1.88 bits per heavy atom. The summed E-state index contributed by atoms with van der Waals surface area (Å²) in [7, 11) is 2.19. The van der Waals surface area contributed by atoms with Crippen LogP contribution in [0.5, 0.6) is 0 Å². The first-order valence-electron chi connectivity index (χ1n) is 8.59. The number of likely N-dealkylation sites (N-methyl/N-ethyl adjacent to an activating group) is 1. The Morgan fingerprint density at radius 1 is 1.12 bits per heavy atom. The van der Waals surface area contributed by atoms with Crippen LogP contribution in [0.2, 0.25) is 5.02 Å². The summed E-state index contributed by atoms with van der Waals surface area (Å²) in [6, 6.07) is 12.2. The minimum Gasteiger partial charge on any atom is -0.460 e. The Bertz CT molecular complexity index is 650. The van der Waals surface area contributed by atoms with E-state index in [0.717, 1.165) is 61.4 Å². The van der Waals surface area contributed by atoms with Crippen LogP contribution in [0.25, 0.3) is 11.3 Å². The molecular weight excluding hydrogens is 322 g/mol. The zero-order valence-electron chi connectivity index (χ0n) is 14.5. The molecule has 0 radical (unpaired) electrons. The van der Waals surface area contributed by atoms with E-state index in [4.69, 9.17) is 16.0 Å². The summed E-state index contributed by atoms with van der Waals surface area (Å²) in [5.74, 6) is 1.76. The van der Waals surface area contributed by atoms with Crippen molar-refractivity contribution in [2.75, 3.05) is 39.8 Å². The van der Waals surface area contributed by atoms with Crippen molar-refractivity contribution in [2.24, 2.45) is 0 Å². The highest BCUT2D eigenvalue weighted by molar-refractivity contribution is 6.33. The molecule has 5 heteroatoms. The Kier molecular flexibility index (Phi) is 5.95. The highest BCUT2D eigenvalue weighted by atomic mass is 35.5. The molecule has 1 saturated heterocycles. The Hall–Kier alpha value is -1.33. The van der Waals surface area contributed by atoms with Crippen LogP contribution in [-0.4, -0.2) is 55.6 Å². The number of halogens is 1. The van der Waals surface area contributed by atoms with Crippen molar-refractivity contribution in [1.29, 1.82) is 0 Å². The Morgan fingerprint density at radius 3 is 2.62 bits per heavy atom. The van der Waals surface area contributed by atoms with Crippen molar-refractivity contribution in [1.82, 2.24) is 15.1 Å². The van der Waals surface area contributed by atoms with Crippen molar-refractivity contribution in [3.8, 4) is 11.3 Å². The van der Waals surface area contributed by atoms with Crippen LogP contribution in [0.1, 0.15) is 12.7 Å². The molecule has 1 aliphatic heterocycles. The number of benzene rings is 1. The van der Waals surface area contributed by atoms with E-state index in [9.17, 15) is 0 Å². The van der Waals surface area contributed by atoms with Gasteiger partial charge in [0.25, 0.3) is 0 Å². The van der Waals surface area contributed by atoms with Crippen molar-refractivity contribution in [2.45, 2.75) is 19.5 Å². The van der Waals surface area contributed by atoms with Gasteiger partial charge in [0.15, 0.2) is 0 Å². The van der Waals surface area contributed by atoms with Gasteiger partial charge in [-0.2, -0.15) is 0 Å². The molecule has 1 aromatic carbocycles. The molecule has 1 aliphatic rings. The molecule has 1 unspecified atom stereocenters. The normalized spacial score (nSPS) is 18.0. The fourth-order valence-electron chi connectivity index (χ4n) is 3.04. The van der Waals surface area contributed by atoms with Crippen molar-refractivity contribution in [3.05, 3.63) is 47.2 Å². The second-order valence-electron chi connectivity index (χ2n) is 6.63. The van der Waals surface area contributed by atoms with Gasteiger partial charge in [0.1, 0.15) is 11.5 Å². The first-order chi connectivity index (χ1) is 11.6. The van der Waals surface area contributed by atoms with Crippen molar-refractivity contribution in [3.63, 3.8) is 0 Å². The molecule has 24 heavy (non-hydrogen) atoms. The van der Waals surface area contributed by atoms with Crippen LogP contribution >= 0.6 is 11.6 Å². The van der Waals surface area contributed by atoms with Crippen LogP contribution in [0, 0.1) is 0 Å². The fraction of sp³-hybridized carbons (Fsp3) is 0.474. The zero-order chi connectivity index (χ0) is 16.9. The van der Waals surface area contributed by atoms with Gasteiger partial charge >= 0.3 is 0 Å². The van der Waals surface area contributed by atoms with E-state index >= 15 is 0 Å². The van der Waals surface area contributed by atoms with Crippen LogP contribution in [0.15, 0.2) is 40.8 Å². The Labute approximate surface area is 149 Å². The number of nitrogens with zero attached hydrogens (tertiary/aromatic N) is 2. The van der Waals surface area contributed by atoms with E-state index in [1.807, 2.05) is 36.4 Å². The first kappa shape index (κ1) is 17.5. The average molecular weight is 348 g/mol. The smallest absolute Gasteiger partial charge is 0.135 e. The lowest BCUT2D eigenvalue weighted by Gasteiger charge is -2.34. The van der Waals surface area contributed by atoms with Gasteiger partial charge in [-0.1, -0.05) is 23.7 Å². The highest BCUT2D eigenvalue weighted by Gasteiger charge is 2.16. The van der Waals surface area contributed by atoms with Crippen LogP contribution in [0.4, 0.5) is 0 Å². The molecule has 1 aromatic heterocycles. The maximum atomic E-state index is 6.23.